The third-order valence-electron chi connectivity index (χ3n) is 5.34. The Morgan fingerprint density at radius 2 is 1.68 bits per heavy atom. The number of carbonyl (C=O) groups is 3. The first-order chi connectivity index (χ1) is 16.3. The second-order valence-electron chi connectivity index (χ2n) is 7.60. The smallest absolute Gasteiger partial charge is 0.305 e. The van der Waals surface area contributed by atoms with E-state index in [1.807, 2.05) is 0 Å². The number of hydrogen-bond donors (Lipinski definition) is 3. The number of nitrogens with one attached hydrogen (secondary N) is 3. The van der Waals surface area contributed by atoms with Gasteiger partial charge in [0.1, 0.15) is 11.6 Å². The van der Waals surface area contributed by atoms with Gasteiger partial charge in [-0.3, -0.25) is 25.2 Å². The van der Waals surface area contributed by atoms with Crippen LogP contribution in [0.25, 0.3) is 0 Å². The molecule has 0 bridgehead atoms. The molecule has 0 saturated heterocycles. The molecule has 3 aromatic rings. The molecule has 0 aliphatic heterocycles. The average molecular weight is 483 g/mol. The fourth-order valence-corrected chi connectivity index (χ4v) is 3.89. The Morgan fingerprint density at radius 3 is 2.41 bits per heavy atom. The van der Waals surface area contributed by atoms with Crippen molar-refractivity contribution < 1.29 is 23.2 Å². The van der Waals surface area contributed by atoms with E-state index in [1.54, 1.807) is 31.2 Å². The normalized spacial score (nSPS) is 13.8. The van der Waals surface area contributed by atoms with Gasteiger partial charge in [-0.15, -0.1) is 0 Å². The number of nitrogens with zero attached hydrogens (tertiary/aromatic N) is 1. The minimum Gasteiger partial charge on any atom is -0.455 e. The molecule has 8 nitrogen and oxygen atoms in total. The molecule has 0 radical (unpaired) electrons. The Labute approximate surface area is 199 Å². The summed E-state index contributed by atoms with van der Waals surface area (Å²) in [5.41, 5.74) is 9.35. The monoisotopic (exact) mass is 482 g/mol. The number of benzene rings is 2. The lowest BCUT2D eigenvalue weighted by atomic mass is 9.93. The zero-order valence-corrected chi connectivity index (χ0v) is 18.8. The van der Waals surface area contributed by atoms with E-state index in [2.05, 4.69) is 21.4 Å². The van der Waals surface area contributed by atoms with Crippen LogP contribution in [0, 0.1) is 12.7 Å². The first kappa shape index (κ1) is 23.2. The third-order valence-corrected chi connectivity index (χ3v) is 5.67. The molecule has 174 valence electrons. The van der Waals surface area contributed by atoms with Crippen LogP contribution in [-0.4, -0.2) is 23.4 Å². The molecule has 0 atom stereocenters. The number of aryl methyl sites for hydroxylation is 1. The Kier molecular flexibility index (Phi) is 6.74. The number of rotatable bonds is 4. The van der Waals surface area contributed by atoms with E-state index in [0.29, 0.717) is 46.0 Å². The lowest BCUT2D eigenvalue weighted by Crippen LogP contribution is -2.41. The summed E-state index contributed by atoms with van der Waals surface area (Å²) in [6.07, 6.45) is 1.91. The number of halogens is 2. The SMILES string of the molecule is Cc1c(C(=O)NNC(=O)c2ccc(F)cc2)oc2c1/C(=N/NC(=O)c1ccccc1Cl)CCC2. The highest BCUT2D eigenvalue weighted by Crippen LogP contribution is 2.30. The van der Waals surface area contributed by atoms with E-state index in [4.69, 9.17) is 16.0 Å². The molecule has 34 heavy (non-hydrogen) atoms. The molecule has 10 heteroatoms. The van der Waals surface area contributed by atoms with Gasteiger partial charge in [0, 0.05) is 23.1 Å². The number of hydrazine groups is 1. The lowest BCUT2D eigenvalue weighted by Gasteiger charge is -2.13. The third kappa shape index (κ3) is 4.84. The number of furan rings is 1. The predicted octanol–water partition coefficient (Wildman–Crippen LogP) is 3.93. The maximum atomic E-state index is 13.0. The summed E-state index contributed by atoms with van der Waals surface area (Å²) in [4.78, 5) is 37.3. The highest BCUT2D eigenvalue weighted by molar-refractivity contribution is 6.33. The van der Waals surface area contributed by atoms with Gasteiger partial charge in [0.15, 0.2) is 5.76 Å². The van der Waals surface area contributed by atoms with Crippen molar-refractivity contribution in [3.05, 3.63) is 93.1 Å². The summed E-state index contributed by atoms with van der Waals surface area (Å²) >= 11 is 6.07. The molecule has 0 fully saturated rings. The summed E-state index contributed by atoms with van der Waals surface area (Å²) in [6, 6.07) is 11.5. The molecule has 1 heterocycles. The van der Waals surface area contributed by atoms with Crippen LogP contribution in [0.2, 0.25) is 5.02 Å². The van der Waals surface area contributed by atoms with Crippen molar-refractivity contribution in [3.63, 3.8) is 0 Å². The van der Waals surface area contributed by atoms with Gasteiger partial charge in [-0.1, -0.05) is 23.7 Å². The summed E-state index contributed by atoms with van der Waals surface area (Å²) in [7, 11) is 0. The molecule has 0 unspecified atom stereocenters. The highest BCUT2D eigenvalue weighted by atomic mass is 35.5. The Bertz CT molecular complexity index is 1300. The van der Waals surface area contributed by atoms with E-state index in [9.17, 15) is 18.8 Å². The standard InChI is InChI=1S/C24H20ClFN4O4/c1-13-20-18(27-29-23(32)16-5-2-3-6-17(16)25)7-4-8-19(20)34-21(13)24(33)30-28-22(31)14-9-11-15(26)12-10-14/h2-3,5-6,9-12H,4,7-8H2,1H3,(H,28,31)(H,29,32)(H,30,33)/b27-18+. The van der Waals surface area contributed by atoms with Gasteiger partial charge in [0.25, 0.3) is 11.8 Å². The molecule has 4 rings (SSSR count). The van der Waals surface area contributed by atoms with Crippen LogP contribution in [0.4, 0.5) is 4.39 Å². The van der Waals surface area contributed by atoms with Gasteiger partial charge >= 0.3 is 5.91 Å². The van der Waals surface area contributed by atoms with Crippen molar-refractivity contribution in [2.75, 3.05) is 0 Å². The molecule has 0 spiro atoms. The first-order valence-electron chi connectivity index (χ1n) is 10.5. The van der Waals surface area contributed by atoms with Crippen LogP contribution in [-0.2, 0) is 6.42 Å². The predicted molar refractivity (Wildman–Crippen MR) is 123 cm³/mol. The van der Waals surface area contributed by atoms with Crippen molar-refractivity contribution in [2.45, 2.75) is 26.2 Å². The maximum Gasteiger partial charge on any atom is 0.305 e. The minimum absolute atomic E-state index is 0.0245. The van der Waals surface area contributed by atoms with Gasteiger partial charge in [-0.25, -0.2) is 9.82 Å². The van der Waals surface area contributed by atoms with Gasteiger partial charge < -0.3 is 4.42 Å². The van der Waals surface area contributed by atoms with Crippen molar-refractivity contribution in [1.29, 1.82) is 0 Å². The van der Waals surface area contributed by atoms with Crippen LogP contribution < -0.4 is 16.3 Å². The Morgan fingerprint density at radius 1 is 0.971 bits per heavy atom. The van der Waals surface area contributed by atoms with Crippen molar-refractivity contribution in [1.82, 2.24) is 16.3 Å². The number of amides is 3. The highest BCUT2D eigenvalue weighted by Gasteiger charge is 2.28. The molecule has 0 saturated carbocycles. The molecular weight excluding hydrogens is 463 g/mol. The Hall–Kier alpha value is -3.98. The van der Waals surface area contributed by atoms with Crippen molar-refractivity contribution in [3.8, 4) is 0 Å². The largest absolute Gasteiger partial charge is 0.455 e. The summed E-state index contributed by atoms with van der Waals surface area (Å²) < 4.78 is 18.8. The molecule has 1 aliphatic carbocycles. The number of carbonyl (C=O) groups excluding carboxylic acids is 3. The summed E-state index contributed by atoms with van der Waals surface area (Å²) in [5.74, 6) is -1.58. The zero-order chi connectivity index (χ0) is 24.2. The molecular formula is C24H20ClFN4O4. The summed E-state index contributed by atoms with van der Waals surface area (Å²) in [5, 5.41) is 4.57. The molecule has 3 N–H and O–H groups in total. The fraction of sp³-hybridized carbons (Fsp3) is 0.167. The number of fused-ring (bicyclic) bond motifs is 1. The number of hydrazone groups is 1. The van der Waals surface area contributed by atoms with Crippen molar-refractivity contribution in [2.24, 2.45) is 5.10 Å². The first-order valence-corrected chi connectivity index (χ1v) is 10.8. The Balaban J connectivity index is 1.48. The van der Waals surface area contributed by atoms with Gasteiger partial charge in [0.05, 0.1) is 16.3 Å². The second-order valence-corrected chi connectivity index (χ2v) is 8.01. The van der Waals surface area contributed by atoms with Gasteiger partial charge in [-0.05, 0) is 56.2 Å². The van der Waals surface area contributed by atoms with Crippen LogP contribution in [0.15, 0.2) is 58.0 Å². The van der Waals surface area contributed by atoms with E-state index < -0.39 is 23.5 Å². The van der Waals surface area contributed by atoms with Gasteiger partial charge in [0.2, 0.25) is 0 Å². The van der Waals surface area contributed by atoms with E-state index in [0.717, 1.165) is 18.6 Å². The second kappa shape index (κ2) is 9.88. The van der Waals surface area contributed by atoms with E-state index in [-0.39, 0.29) is 11.3 Å². The molecule has 1 aliphatic rings. The quantitative estimate of drug-likeness (QED) is 0.489. The molecule has 3 amide bonds. The fourth-order valence-electron chi connectivity index (χ4n) is 3.66. The topological polar surface area (TPSA) is 113 Å². The van der Waals surface area contributed by atoms with E-state index >= 15 is 0 Å². The van der Waals surface area contributed by atoms with Crippen LogP contribution in [0.3, 0.4) is 0 Å². The summed E-state index contributed by atoms with van der Waals surface area (Å²) in [6.45, 7) is 1.70. The van der Waals surface area contributed by atoms with Crippen LogP contribution in [0.5, 0.6) is 0 Å². The van der Waals surface area contributed by atoms with Gasteiger partial charge in [-0.2, -0.15) is 5.10 Å². The maximum absolute atomic E-state index is 13.0. The lowest BCUT2D eigenvalue weighted by molar-refractivity contribution is 0.0829. The van der Waals surface area contributed by atoms with Crippen LogP contribution >= 0.6 is 11.6 Å². The van der Waals surface area contributed by atoms with Crippen molar-refractivity contribution >= 4 is 35.0 Å². The zero-order valence-electron chi connectivity index (χ0n) is 18.1. The molecule has 1 aromatic heterocycles. The van der Waals surface area contributed by atoms with E-state index in [1.165, 1.54) is 12.1 Å². The van der Waals surface area contributed by atoms with Crippen LogP contribution in [0.1, 0.15) is 61.0 Å². The molecule has 2 aromatic carbocycles. The number of hydrogen-bond acceptors (Lipinski definition) is 5. The average Bonchev–Trinajstić information content (AvgIpc) is 3.18. The minimum atomic E-state index is -0.651.